The predicted octanol–water partition coefficient (Wildman–Crippen LogP) is -0.305. The van der Waals surface area contributed by atoms with E-state index in [0.717, 1.165) is 10.2 Å². The number of nitrogens with zero attached hydrogens (tertiary/aromatic N) is 3. The lowest BCUT2D eigenvalue weighted by molar-refractivity contribution is -0.108. The first-order valence-electron chi connectivity index (χ1n) is 3.80. The minimum atomic E-state index is -0.297. The molecule has 0 atom stereocenters. The van der Waals surface area contributed by atoms with E-state index in [-0.39, 0.29) is 12.2 Å². The second-order valence-corrected chi connectivity index (χ2v) is 2.58. The zero-order valence-corrected chi connectivity index (χ0v) is 6.75. The lowest BCUT2D eigenvalue weighted by atomic mass is 10.5. The number of hydrogen-bond donors (Lipinski definition) is 0. The first-order chi connectivity index (χ1) is 6.33. The topological polar surface area (TPSA) is 56.4 Å². The Bertz CT molecular complexity index is 497. The van der Waals surface area contributed by atoms with Gasteiger partial charge in [-0.3, -0.25) is 4.40 Å². The highest BCUT2D eigenvalue weighted by atomic mass is 16.2. The van der Waals surface area contributed by atoms with Gasteiger partial charge < -0.3 is 4.79 Å². The van der Waals surface area contributed by atoms with Crippen molar-refractivity contribution in [1.29, 1.82) is 0 Å². The van der Waals surface area contributed by atoms with Crippen molar-refractivity contribution in [3.63, 3.8) is 0 Å². The molecule has 0 aromatic carbocycles. The summed E-state index contributed by atoms with van der Waals surface area (Å²) in [5.74, 6) is 0. The molecule has 2 aromatic heterocycles. The molecule has 0 bridgehead atoms. The van der Waals surface area contributed by atoms with Crippen molar-refractivity contribution in [3.05, 3.63) is 35.0 Å². The van der Waals surface area contributed by atoms with E-state index in [1.807, 2.05) is 0 Å². The Morgan fingerprint density at radius 2 is 2.38 bits per heavy atom. The summed E-state index contributed by atoms with van der Waals surface area (Å²) in [5.41, 5.74) is 0.432. The van der Waals surface area contributed by atoms with Crippen molar-refractivity contribution in [3.8, 4) is 0 Å². The molecule has 0 saturated heterocycles. The van der Waals surface area contributed by atoms with E-state index in [0.29, 0.717) is 6.29 Å². The first kappa shape index (κ1) is 7.72. The lowest BCUT2D eigenvalue weighted by Crippen LogP contribution is -2.28. The van der Waals surface area contributed by atoms with Gasteiger partial charge in [-0.25, -0.2) is 9.48 Å². The summed E-state index contributed by atoms with van der Waals surface area (Å²) in [7, 11) is 0. The van der Waals surface area contributed by atoms with Gasteiger partial charge in [-0.05, 0) is 12.1 Å². The molecular formula is C8H7N3O2. The Kier molecular flexibility index (Phi) is 1.70. The van der Waals surface area contributed by atoms with E-state index >= 15 is 0 Å². The molecule has 0 aliphatic rings. The van der Waals surface area contributed by atoms with Crippen LogP contribution >= 0.6 is 0 Å². The van der Waals surface area contributed by atoms with Crippen LogP contribution in [0.25, 0.3) is 5.52 Å². The van der Waals surface area contributed by atoms with Gasteiger partial charge in [-0.2, -0.15) is 5.10 Å². The fourth-order valence-corrected chi connectivity index (χ4v) is 1.17. The van der Waals surface area contributed by atoms with E-state index in [9.17, 15) is 9.59 Å². The average Bonchev–Trinajstić information content (AvgIpc) is 2.58. The third-order valence-corrected chi connectivity index (χ3v) is 1.78. The molecule has 2 aromatic rings. The molecule has 0 amide bonds. The third-order valence-electron chi connectivity index (χ3n) is 1.78. The quantitative estimate of drug-likeness (QED) is 0.591. The first-order valence-corrected chi connectivity index (χ1v) is 3.80. The third kappa shape index (κ3) is 1.14. The number of hydrogen-bond acceptors (Lipinski definition) is 3. The number of aldehydes is 1. The van der Waals surface area contributed by atoms with Gasteiger partial charge >= 0.3 is 5.69 Å². The fourth-order valence-electron chi connectivity index (χ4n) is 1.17. The molecule has 5 heteroatoms. The maximum absolute atomic E-state index is 11.5. The van der Waals surface area contributed by atoms with Crippen LogP contribution in [0, 0.1) is 0 Å². The summed E-state index contributed by atoms with van der Waals surface area (Å²) in [6, 6.07) is 3.53. The second kappa shape index (κ2) is 2.85. The Balaban J connectivity index is 2.73. The summed E-state index contributed by atoms with van der Waals surface area (Å²) in [5, 5.41) is 3.82. The second-order valence-electron chi connectivity index (χ2n) is 2.58. The number of aromatic nitrogens is 3. The Morgan fingerprint density at radius 3 is 3.15 bits per heavy atom. The molecule has 0 spiro atoms. The lowest BCUT2D eigenvalue weighted by Gasteiger charge is -1.99. The van der Waals surface area contributed by atoms with Crippen LogP contribution in [0.4, 0.5) is 0 Å². The van der Waals surface area contributed by atoms with Gasteiger partial charge in [-0.1, -0.05) is 0 Å². The van der Waals surface area contributed by atoms with Crippen molar-refractivity contribution >= 4 is 11.8 Å². The van der Waals surface area contributed by atoms with E-state index < -0.39 is 0 Å². The zero-order valence-electron chi connectivity index (χ0n) is 6.75. The van der Waals surface area contributed by atoms with Crippen molar-refractivity contribution in [1.82, 2.24) is 14.2 Å². The molecule has 66 valence electrons. The summed E-state index contributed by atoms with van der Waals surface area (Å²) >= 11 is 0. The van der Waals surface area contributed by atoms with Crippen LogP contribution in [0.15, 0.2) is 29.3 Å². The minimum Gasteiger partial charge on any atom is -0.301 e. The Labute approximate surface area is 73.2 Å². The van der Waals surface area contributed by atoms with Gasteiger partial charge in [0.05, 0.1) is 11.7 Å². The molecule has 0 radical (unpaired) electrons. The normalized spacial score (nSPS) is 10.5. The van der Waals surface area contributed by atoms with Gasteiger partial charge in [0.25, 0.3) is 0 Å². The standard InChI is InChI=1S/C8H7N3O2/c12-5-4-11-8(13)10-3-1-2-7(10)6-9-11/h1-3,5-6H,4H2. The SMILES string of the molecule is O=CCn1ncc2cccn2c1=O. The van der Waals surface area contributed by atoms with Crippen LogP contribution in [0.1, 0.15) is 0 Å². The number of rotatable bonds is 2. The van der Waals surface area contributed by atoms with Gasteiger partial charge in [0.1, 0.15) is 12.8 Å². The van der Waals surface area contributed by atoms with Gasteiger partial charge in [0.2, 0.25) is 0 Å². The van der Waals surface area contributed by atoms with Gasteiger partial charge in [-0.15, -0.1) is 0 Å². The molecule has 0 fully saturated rings. The number of fused-ring (bicyclic) bond motifs is 1. The Morgan fingerprint density at radius 1 is 1.54 bits per heavy atom. The van der Waals surface area contributed by atoms with E-state index in [2.05, 4.69) is 5.10 Å². The number of carbonyl (C=O) groups is 1. The molecule has 2 heterocycles. The molecule has 0 unspecified atom stereocenters. The number of carbonyl (C=O) groups excluding carboxylic acids is 1. The van der Waals surface area contributed by atoms with Gasteiger partial charge in [0, 0.05) is 6.20 Å². The summed E-state index contributed by atoms with van der Waals surface area (Å²) < 4.78 is 2.55. The minimum absolute atomic E-state index is 0.00699. The van der Waals surface area contributed by atoms with Crippen molar-refractivity contribution in [2.24, 2.45) is 0 Å². The summed E-state index contributed by atoms with van der Waals surface area (Å²) in [4.78, 5) is 21.7. The molecule has 0 saturated carbocycles. The smallest absolute Gasteiger partial charge is 0.301 e. The molecule has 2 rings (SSSR count). The van der Waals surface area contributed by atoms with E-state index in [4.69, 9.17) is 0 Å². The molecule has 0 N–H and O–H groups in total. The van der Waals surface area contributed by atoms with Crippen molar-refractivity contribution in [2.75, 3.05) is 0 Å². The van der Waals surface area contributed by atoms with Crippen LogP contribution in [0.2, 0.25) is 0 Å². The molecule has 5 nitrogen and oxygen atoms in total. The molecule has 13 heavy (non-hydrogen) atoms. The monoisotopic (exact) mass is 177 g/mol. The molecular weight excluding hydrogens is 170 g/mol. The van der Waals surface area contributed by atoms with E-state index in [1.165, 1.54) is 4.40 Å². The largest absolute Gasteiger partial charge is 0.349 e. The van der Waals surface area contributed by atoms with Gasteiger partial charge in [0.15, 0.2) is 0 Å². The summed E-state index contributed by atoms with van der Waals surface area (Å²) in [6.07, 6.45) is 3.83. The molecule has 0 aliphatic carbocycles. The highest BCUT2D eigenvalue weighted by Gasteiger charge is 2.00. The van der Waals surface area contributed by atoms with Crippen molar-refractivity contribution in [2.45, 2.75) is 6.54 Å². The fraction of sp³-hybridized carbons (Fsp3) is 0.125. The Hall–Kier alpha value is -1.91. The maximum atomic E-state index is 11.5. The van der Waals surface area contributed by atoms with Crippen LogP contribution in [-0.2, 0) is 11.3 Å². The summed E-state index contributed by atoms with van der Waals surface area (Å²) in [6.45, 7) is -0.00699. The molecule has 0 aliphatic heterocycles. The average molecular weight is 177 g/mol. The highest BCUT2D eigenvalue weighted by molar-refractivity contribution is 5.49. The van der Waals surface area contributed by atoms with Crippen molar-refractivity contribution < 1.29 is 4.79 Å². The predicted molar refractivity (Wildman–Crippen MR) is 45.5 cm³/mol. The van der Waals surface area contributed by atoms with E-state index in [1.54, 1.807) is 24.5 Å². The highest BCUT2D eigenvalue weighted by Crippen LogP contribution is 1.96. The van der Waals surface area contributed by atoms with Crippen LogP contribution in [0.3, 0.4) is 0 Å². The van der Waals surface area contributed by atoms with Crippen LogP contribution in [0.5, 0.6) is 0 Å². The zero-order chi connectivity index (χ0) is 9.26. The van der Waals surface area contributed by atoms with Crippen LogP contribution < -0.4 is 5.69 Å². The van der Waals surface area contributed by atoms with Crippen LogP contribution in [-0.4, -0.2) is 20.5 Å². The maximum Gasteiger partial charge on any atom is 0.349 e.